The first-order chi connectivity index (χ1) is 12.8. The zero-order valence-electron chi connectivity index (χ0n) is 15.5. The zero-order valence-corrected chi connectivity index (χ0v) is 16.3. The SMILES string of the molecule is CCOC(=O)c1ccc(S(=O)(=O)N2CCN(c3cc(C)nc(C)n3)CC2)o1. The van der Waals surface area contributed by atoms with Gasteiger partial charge >= 0.3 is 5.97 Å². The van der Waals surface area contributed by atoms with Crippen LogP contribution in [-0.4, -0.2) is 61.4 Å². The lowest BCUT2D eigenvalue weighted by atomic mass is 10.3. The number of carbonyl (C=O) groups is 1. The molecule has 146 valence electrons. The summed E-state index contributed by atoms with van der Waals surface area (Å²) in [5.74, 6) is 0.668. The molecule has 0 unspecified atom stereocenters. The van der Waals surface area contributed by atoms with Gasteiger partial charge in [-0.2, -0.15) is 4.31 Å². The van der Waals surface area contributed by atoms with Crippen LogP contribution in [0, 0.1) is 13.8 Å². The van der Waals surface area contributed by atoms with Crippen molar-refractivity contribution in [3.05, 3.63) is 35.5 Å². The number of nitrogens with zero attached hydrogens (tertiary/aromatic N) is 4. The Morgan fingerprint density at radius 1 is 1.19 bits per heavy atom. The van der Waals surface area contributed by atoms with Crippen molar-refractivity contribution in [3.8, 4) is 0 Å². The molecule has 3 rings (SSSR count). The van der Waals surface area contributed by atoms with Crippen LogP contribution >= 0.6 is 0 Å². The fraction of sp³-hybridized carbons (Fsp3) is 0.471. The highest BCUT2D eigenvalue weighted by Crippen LogP contribution is 2.22. The second-order valence-corrected chi connectivity index (χ2v) is 8.01. The minimum atomic E-state index is -3.81. The second-order valence-electron chi connectivity index (χ2n) is 6.15. The minimum absolute atomic E-state index is 0.124. The molecule has 0 radical (unpaired) electrons. The smallest absolute Gasteiger partial charge is 0.374 e. The average molecular weight is 394 g/mol. The van der Waals surface area contributed by atoms with Gasteiger partial charge in [0, 0.05) is 37.9 Å². The number of anilines is 1. The molecule has 0 aliphatic carbocycles. The van der Waals surface area contributed by atoms with Crippen LogP contribution in [0.3, 0.4) is 0 Å². The van der Waals surface area contributed by atoms with Crippen LogP contribution < -0.4 is 4.90 Å². The van der Waals surface area contributed by atoms with Crippen molar-refractivity contribution in [1.29, 1.82) is 0 Å². The maximum absolute atomic E-state index is 12.8. The molecule has 2 aromatic heterocycles. The number of sulfonamides is 1. The second kappa shape index (κ2) is 7.65. The van der Waals surface area contributed by atoms with Gasteiger partial charge in [0.25, 0.3) is 10.0 Å². The summed E-state index contributed by atoms with van der Waals surface area (Å²) < 4.78 is 36.9. The topological polar surface area (TPSA) is 106 Å². The molecule has 0 saturated carbocycles. The summed E-state index contributed by atoms with van der Waals surface area (Å²) in [6, 6.07) is 4.48. The van der Waals surface area contributed by atoms with Gasteiger partial charge in [-0.25, -0.2) is 23.2 Å². The fourth-order valence-electron chi connectivity index (χ4n) is 2.91. The Bertz CT molecular complexity index is 912. The van der Waals surface area contributed by atoms with Gasteiger partial charge in [0.2, 0.25) is 10.9 Å². The Hall–Kier alpha value is -2.46. The molecule has 2 aromatic rings. The van der Waals surface area contributed by atoms with Gasteiger partial charge in [-0.15, -0.1) is 0 Å². The summed E-state index contributed by atoms with van der Waals surface area (Å²) >= 11 is 0. The van der Waals surface area contributed by atoms with E-state index in [2.05, 4.69) is 9.97 Å². The Kier molecular flexibility index (Phi) is 5.47. The van der Waals surface area contributed by atoms with E-state index in [9.17, 15) is 13.2 Å². The highest BCUT2D eigenvalue weighted by atomic mass is 32.2. The number of esters is 1. The molecule has 0 amide bonds. The molecule has 0 aromatic carbocycles. The number of rotatable bonds is 5. The van der Waals surface area contributed by atoms with E-state index in [-0.39, 0.29) is 17.5 Å². The van der Waals surface area contributed by atoms with Gasteiger partial charge in [-0.05, 0) is 32.9 Å². The third kappa shape index (κ3) is 4.11. The maximum Gasteiger partial charge on any atom is 0.374 e. The first-order valence-corrected chi connectivity index (χ1v) is 10.1. The molecule has 0 bridgehead atoms. The lowest BCUT2D eigenvalue weighted by Gasteiger charge is -2.34. The van der Waals surface area contributed by atoms with Crippen LogP contribution in [0.2, 0.25) is 0 Å². The van der Waals surface area contributed by atoms with Gasteiger partial charge in [-0.1, -0.05) is 0 Å². The van der Waals surface area contributed by atoms with Crippen molar-refractivity contribution >= 4 is 21.8 Å². The van der Waals surface area contributed by atoms with E-state index in [1.165, 1.54) is 16.4 Å². The third-order valence-electron chi connectivity index (χ3n) is 4.17. The molecule has 27 heavy (non-hydrogen) atoms. The fourth-order valence-corrected chi connectivity index (χ4v) is 4.25. The van der Waals surface area contributed by atoms with Crippen LogP contribution in [0.5, 0.6) is 0 Å². The molecule has 0 spiro atoms. The van der Waals surface area contributed by atoms with Gasteiger partial charge in [-0.3, -0.25) is 0 Å². The summed E-state index contributed by atoms with van der Waals surface area (Å²) in [5.41, 5.74) is 0.870. The number of ether oxygens (including phenoxy) is 1. The zero-order chi connectivity index (χ0) is 19.6. The van der Waals surface area contributed by atoms with Gasteiger partial charge in [0.05, 0.1) is 6.61 Å². The standard InChI is InChI=1S/C17H22N4O5S/c1-4-25-17(22)14-5-6-16(26-14)27(23,24)21-9-7-20(8-10-21)15-11-12(2)18-13(3)19-15/h5-6,11H,4,7-10H2,1-3H3. The summed E-state index contributed by atoms with van der Waals surface area (Å²) in [6.07, 6.45) is 0. The molecule has 1 saturated heterocycles. The quantitative estimate of drug-likeness (QED) is 0.700. The molecular formula is C17H22N4O5S. The van der Waals surface area contributed by atoms with Gasteiger partial charge < -0.3 is 14.1 Å². The van der Waals surface area contributed by atoms with Crippen molar-refractivity contribution in [2.75, 3.05) is 37.7 Å². The number of piperazine rings is 1. The molecule has 9 nitrogen and oxygen atoms in total. The number of hydrogen-bond donors (Lipinski definition) is 0. The van der Waals surface area contributed by atoms with Gasteiger partial charge in [0.15, 0.2) is 0 Å². The normalized spacial score (nSPS) is 15.7. The van der Waals surface area contributed by atoms with E-state index in [1.807, 2.05) is 24.8 Å². The summed E-state index contributed by atoms with van der Waals surface area (Å²) in [4.78, 5) is 22.4. The van der Waals surface area contributed by atoms with Crippen LogP contribution in [-0.2, 0) is 14.8 Å². The minimum Gasteiger partial charge on any atom is -0.460 e. The number of aryl methyl sites for hydroxylation is 2. The van der Waals surface area contributed by atoms with E-state index in [0.29, 0.717) is 32.0 Å². The Morgan fingerprint density at radius 3 is 2.52 bits per heavy atom. The number of hydrogen-bond acceptors (Lipinski definition) is 8. The van der Waals surface area contributed by atoms with Crippen LogP contribution in [0.15, 0.2) is 27.7 Å². The van der Waals surface area contributed by atoms with Gasteiger partial charge in [0.1, 0.15) is 11.6 Å². The van der Waals surface area contributed by atoms with Crippen molar-refractivity contribution in [1.82, 2.24) is 14.3 Å². The molecule has 0 N–H and O–H groups in total. The lowest BCUT2D eigenvalue weighted by Crippen LogP contribution is -2.48. The first-order valence-electron chi connectivity index (χ1n) is 8.65. The largest absolute Gasteiger partial charge is 0.460 e. The molecule has 1 aliphatic rings. The van der Waals surface area contributed by atoms with Crippen molar-refractivity contribution < 1.29 is 22.4 Å². The number of carbonyl (C=O) groups excluding carboxylic acids is 1. The highest BCUT2D eigenvalue weighted by molar-refractivity contribution is 7.89. The molecule has 1 aliphatic heterocycles. The summed E-state index contributed by atoms with van der Waals surface area (Å²) in [7, 11) is -3.81. The van der Waals surface area contributed by atoms with E-state index in [0.717, 1.165) is 11.5 Å². The van der Waals surface area contributed by atoms with E-state index < -0.39 is 16.0 Å². The van der Waals surface area contributed by atoms with E-state index in [4.69, 9.17) is 9.15 Å². The Balaban J connectivity index is 1.70. The Morgan fingerprint density at radius 2 is 1.89 bits per heavy atom. The predicted octanol–water partition coefficient (Wildman–Crippen LogP) is 1.37. The van der Waals surface area contributed by atoms with Crippen LogP contribution in [0.1, 0.15) is 29.0 Å². The molecule has 3 heterocycles. The lowest BCUT2D eigenvalue weighted by molar-refractivity contribution is 0.0483. The predicted molar refractivity (Wildman–Crippen MR) is 97.1 cm³/mol. The summed E-state index contributed by atoms with van der Waals surface area (Å²) in [5, 5.41) is -0.257. The van der Waals surface area contributed by atoms with Crippen LogP contribution in [0.4, 0.5) is 5.82 Å². The van der Waals surface area contributed by atoms with E-state index >= 15 is 0 Å². The number of aromatic nitrogens is 2. The summed E-state index contributed by atoms with van der Waals surface area (Å²) in [6.45, 7) is 7.16. The maximum atomic E-state index is 12.8. The number of furan rings is 1. The Labute approximate surface area is 158 Å². The molecule has 10 heteroatoms. The average Bonchev–Trinajstić information content (AvgIpc) is 3.12. The highest BCUT2D eigenvalue weighted by Gasteiger charge is 2.32. The molecule has 1 fully saturated rings. The first kappa shape index (κ1) is 19.3. The van der Waals surface area contributed by atoms with Crippen LogP contribution in [0.25, 0.3) is 0 Å². The monoisotopic (exact) mass is 394 g/mol. The van der Waals surface area contributed by atoms with Crippen molar-refractivity contribution in [2.24, 2.45) is 0 Å². The van der Waals surface area contributed by atoms with Crippen molar-refractivity contribution in [2.45, 2.75) is 25.9 Å². The van der Waals surface area contributed by atoms with E-state index in [1.54, 1.807) is 6.92 Å². The van der Waals surface area contributed by atoms with Crippen molar-refractivity contribution in [3.63, 3.8) is 0 Å². The third-order valence-corrected chi connectivity index (χ3v) is 5.94. The molecule has 0 atom stereocenters. The molecular weight excluding hydrogens is 372 g/mol.